The van der Waals surface area contributed by atoms with Crippen molar-refractivity contribution in [3.63, 3.8) is 0 Å². The van der Waals surface area contributed by atoms with Crippen molar-refractivity contribution in [3.05, 3.63) is 87.7 Å². The Labute approximate surface area is 187 Å². The summed E-state index contributed by atoms with van der Waals surface area (Å²) in [5.41, 5.74) is 1.21. The van der Waals surface area contributed by atoms with Crippen LogP contribution in [0.15, 0.2) is 65.1 Å². The molecule has 1 saturated heterocycles. The molecule has 0 aliphatic carbocycles. The zero-order chi connectivity index (χ0) is 23.7. The van der Waals surface area contributed by atoms with Crippen LogP contribution in [0.2, 0.25) is 0 Å². The van der Waals surface area contributed by atoms with Gasteiger partial charge in [-0.3, -0.25) is 19.1 Å². The van der Waals surface area contributed by atoms with Crippen LogP contribution in [0, 0.1) is 12.7 Å². The van der Waals surface area contributed by atoms with Gasteiger partial charge in [-0.1, -0.05) is 30.3 Å². The number of urea groups is 1. The van der Waals surface area contributed by atoms with E-state index in [-0.39, 0.29) is 11.4 Å². The first kappa shape index (κ1) is 21.8. The Hall–Kier alpha value is -4.47. The van der Waals surface area contributed by atoms with E-state index in [1.807, 2.05) is 6.07 Å². The highest BCUT2D eigenvalue weighted by Crippen LogP contribution is 2.16. The molecule has 0 atom stereocenters. The number of anilines is 1. The van der Waals surface area contributed by atoms with Crippen LogP contribution < -0.4 is 16.2 Å². The molecule has 33 heavy (non-hydrogen) atoms. The predicted molar refractivity (Wildman–Crippen MR) is 119 cm³/mol. The number of nitrogens with one attached hydrogen (secondary N) is 2. The number of hydrogen-bond donors (Lipinski definition) is 2. The second kappa shape index (κ2) is 8.58. The molecule has 0 spiro atoms. The number of imide groups is 1. The fraction of sp³-hybridized carbons (Fsp3) is 0.130. The number of benzene rings is 2. The van der Waals surface area contributed by atoms with Crippen molar-refractivity contribution in [2.24, 2.45) is 7.05 Å². The molecule has 2 heterocycles. The van der Waals surface area contributed by atoms with Crippen molar-refractivity contribution in [1.29, 1.82) is 0 Å². The first-order valence-electron chi connectivity index (χ1n) is 10.00. The molecular weight excluding hydrogens is 429 g/mol. The molecule has 9 nitrogen and oxygen atoms in total. The van der Waals surface area contributed by atoms with Crippen LogP contribution in [-0.4, -0.2) is 38.7 Å². The normalized spacial score (nSPS) is 14.6. The van der Waals surface area contributed by atoms with Gasteiger partial charge in [-0.2, -0.15) is 0 Å². The Morgan fingerprint density at radius 1 is 1.06 bits per heavy atom. The second-order valence-electron chi connectivity index (χ2n) is 7.42. The van der Waals surface area contributed by atoms with Gasteiger partial charge in [0.2, 0.25) is 5.91 Å². The van der Waals surface area contributed by atoms with Gasteiger partial charge in [0, 0.05) is 7.05 Å². The van der Waals surface area contributed by atoms with Gasteiger partial charge in [0.1, 0.15) is 23.7 Å². The monoisotopic (exact) mass is 449 g/mol. The minimum absolute atomic E-state index is 0.0401. The lowest BCUT2D eigenvalue weighted by molar-refractivity contribution is -0.127. The Morgan fingerprint density at radius 3 is 2.39 bits per heavy atom. The van der Waals surface area contributed by atoms with Crippen molar-refractivity contribution < 1.29 is 18.8 Å². The summed E-state index contributed by atoms with van der Waals surface area (Å²) >= 11 is 0. The number of halogens is 1. The summed E-state index contributed by atoms with van der Waals surface area (Å²) < 4.78 is 16.1. The third-order valence-corrected chi connectivity index (χ3v) is 5.26. The molecule has 168 valence electrons. The van der Waals surface area contributed by atoms with E-state index < -0.39 is 35.8 Å². The molecule has 2 N–H and O–H groups in total. The predicted octanol–water partition coefficient (Wildman–Crippen LogP) is 2.15. The molecule has 2 aromatic carbocycles. The minimum Gasteiger partial charge on any atom is -0.318 e. The number of para-hydroxylation sites is 1. The molecule has 1 aromatic heterocycles. The van der Waals surface area contributed by atoms with Crippen molar-refractivity contribution in [1.82, 2.24) is 19.6 Å². The van der Waals surface area contributed by atoms with E-state index in [2.05, 4.69) is 10.6 Å². The van der Waals surface area contributed by atoms with Gasteiger partial charge in [-0.05, 0) is 42.8 Å². The van der Waals surface area contributed by atoms with Crippen LogP contribution >= 0.6 is 0 Å². The quantitative estimate of drug-likeness (QED) is 0.460. The maximum Gasteiger partial charge on any atom is 0.329 e. The first-order valence-corrected chi connectivity index (χ1v) is 10.00. The number of carbonyl (C=O) groups is 3. The zero-order valence-corrected chi connectivity index (χ0v) is 17.8. The largest absolute Gasteiger partial charge is 0.329 e. The lowest BCUT2D eigenvalue weighted by Crippen LogP contribution is -2.38. The molecule has 1 fully saturated rings. The highest BCUT2D eigenvalue weighted by atomic mass is 19.1. The second-order valence-corrected chi connectivity index (χ2v) is 7.42. The Balaban J connectivity index is 1.52. The molecule has 0 bridgehead atoms. The smallest absolute Gasteiger partial charge is 0.318 e. The van der Waals surface area contributed by atoms with Crippen molar-refractivity contribution in [2.75, 3.05) is 11.9 Å². The summed E-state index contributed by atoms with van der Waals surface area (Å²) in [6.07, 6.45) is 1.39. The lowest BCUT2D eigenvalue weighted by Gasteiger charge is -2.11. The summed E-state index contributed by atoms with van der Waals surface area (Å²) in [5, 5.41) is 4.92. The highest BCUT2D eigenvalue weighted by molar-refractivity contribution is 6.15. The number of hydrogen-bond acceptors (Lipinski definition) is 4. The number of nitrogens with zero attached hydrogens (tertiary/aromatic N) is 3. The van der Waals surface area contributed by atoms with Gasteiger partial charge in [0.15, 0.2) is 0 Å². The Kier molecular flexibility index (Phi) is 5.65. The topological polar surface area (TPSA) is 105 Å². The molecular formula is C23H20FN5O4. The average Bonchev–Trinajstić information content (AvgIpc) is 3.17. The van der Waals surface area contributed by atoms with Crippen LogP contribution in [0.3, 0.4) is 0 Å². The summed E-state index contributed by atoms with van der Waals surface area (Å²) in [7, 11) is 1.68. The summed E-state index contributed by atoms with van der Waals surface area (Å²) in [4.78, 5) is 51.1. The van der Waals surface area contributed by atoms with Gasteiger partial charge in [-0.15, -0.1) is 0 Å². The first-order chi connectivity index (χ1) is 15.8. The molecule has 3 aromatic rings. The van der Waals surface area contributed by atoms with E-state index in [9.17, 15) is 23.6 Å². The number of aromatic nitrogens is 2. The minimum atomic E-state index is -0.769. The van der Waals surface area contributed by atoms with Crippen LogP contribution in [0.1, 0.15) is 11.3 Å². The summed E-state index contributed by atoms with van der Waals surface area (Å²) in [5.74, 6) is -1.83. The lowest BCUT2D eigenvalue weighted by atomic mass is 10.2. The van der Waals surface area contributed by atoms with Gasteiger partial charge >= 0.3 is 6.03 Å². The SMILES string of the molecule is Cc1c(NC(=O)CN2C(=O)N/C(=C\c3ccc(F)cc3)C2=O)c(=O)n(-c2ccccc2)n1C. The van der Waals surface area contributed by atoms with Gasteiger partial charge in [-0.25, -0.2) is 18.8 Å². The molecule has 4 rings (SSSR count). The Bertz CT molecular complexity index is 1340. The highest BCUT2D eigenvalue weighted by Gasteiger charge is 2.35. The van der Waals surface area contributed by atoms with Gasteiger partial charge in [0.05, 0.1) is 11.4 Å². The van der Waals surface area contributed by atoms with Gasteiger partial charge in [0.25, 0.3) is 11.5 Å². The fourth-order valence-electron chi connectivity index (χ4n) is 3.48. The third kappa shape index (κ3) is 4.18. The van der Waals surface area contributed by atoms with E-state index in [1.165, 1.54) is 35.0 Å². The maximum atomic E-state index is 13.1. The summed E-state index contributed by atoms with van der Waals surface area (Å²) in [6, 6.07) is 13.5. The van der Waals surface area contributed by atoms with E-state index in [0.29, 0.717) is 16.9 Å². The number of carbonyl (C=O) groups excluding carboxylic acids is 3. The number of rotatable bonds is 5. The molecule has 0 unspecified atom stereocenters. The van der Waals surface area contributed by atoms with E-state index in [1.54, 1.807) is 42.9 Å². The molecule has 4 amide bonds. The molecule has 0 saturated carbocycles. The third-order valence-electron chi connectivity index (χ3n) is 5.26. The standard InChI is InChI=1S/C23H20FN5O4/c1-14-20(22(32)29(27(14)2)17-6-4-3-5-7-17)26-19(30)13-28-21(31)18(25-23(28)33)12-15-8-10-16(24)11-9-15/h3-12H,13H2,1-2H3,(H,25,33)(H,26,30)/b18-12-. The van der Waals surface area contributed by atoms with Crippen molar-refractivity contribution >= 4 is 29.6 Å². The van der Waals surface area contributed by atoms with E-state index in [4.69, 9.17) is 0 Å². The van der Waals surface area contributed by atoms with Gasteiger partial charge < -0.3 is 10.6 Å². The van der Waals surface area contributed by atoms with Crippen LogP contribution in [0.4, 0.5) is 14.9 Å². The molecule has 0 radical (unpaired) electrons. The van der Waals surface area contributed by atoms with Crippen LogP contribution in [-0.2, 0) is 16.6 Å². The molecule has 1 aliphatic heterocycles. The van der Waals surface area contributed by atoms with Crippen LogP contribution in [0.5, 0.6) is 0 Å². The van der Waals surface area contributed by atoms with Crippen molar-refractivity contribution in [2.45, 2.75) is 6.92 Å². The summed E-state index contributed by atoms with van der Waals surface area (Å²) in [6.45, 7) is 1.10. The molecule has 10 heteroatoms. The zero-order valence-electron chi connectivity index (χ0n) is 17.8. The van der Waals surface area contributed by atoms with E-state index >= 15 is 0 Å². The molecule has 1 aliphatic rings. The van der Waals surface area contributed by atoms with E-state index in [0.717, 1.165) is 4.90 Å². The van der Waals surface area contributed by atoms with Crippen LogP contribution in [0.25, 0.3) is 11.8 Å². The Morgan fingerprint density at radius 2 is 1.73 bits per heavy atom. The fourth-order valence-corrected chi connectivity index (χ4v) is 3.48. The number of amides is 4. The maximum absolute atomic E-state index is 13.1. The van der Waals surface area contributed by atoms with Crippen molar-refractivity contribution in [3.8, 4) is 5.69 Å². The average molecular weight is 449 g/mol.